The standard InChI is InChI=1S/C21H28N4O2/c1-25-12-24-19(21(26)27-2)20(25)15-7-9-16(10-8-15)23-11-17(22)18(13-3-4-13)14-5-6-14/h7-10,12-14,17-18,23H,3-6,11,22H2,1-2H3. The Labute approximate surface area is 160 Å². The van der Waals surface area contributed by atoms with E-state index in [0.29, 0.717) is 11.6 Å². The minimum atomic E-state index is -0.426. The Hall–Kier alpha value is -2.34. The van der Waals surface area contributed by atoms with Gasteiger partial charge in [-0.05, 0) is 55.6 Å². The van der Waals surface area contributed by atoms with Gasteiger partial charge in [0.25, 0.3) is 0 Å². The summed E-state index contributed by atoms with van der Waals surface area (Å²) in [5.74, 6) is 1.98. The van der Waals surface area contributed by atoms with E-state index in [1.165, 1.54) is 32.8 Å². The number of hydrogen-bond donors (Lipinski definition) is 2. The normalized spacial score (nSPS) is 17.8. The molecule has 27 heavy (non-hydrogen) atoms. The maximum atomic E-state index is 11.9. The molecular weight excluding hydrogens is 340 g/mol. The summed E-state index contributed by atoms with van der Waals surface area (Å²) in [6.07, 6.45) is 7.06. The number of anilines is 1. The highest BCUT2D eigenvalue weighted by Crippen LogP contribution is 2.50. The number of benzene rings is 1. The third kappa shape index (κ3) is 3.86. The number of esters is 1. The number of carbonyl (C=O) groups excluding carboxylic acids is 1. The second-order valence-electron chi connectivity index (χ2n) is 7.92. The minimum Gasteiger partial charge on any atom is -0.464 e. The van der Waals surface area contributed by atoms with Crippen molar-refractivity contribution in [3.8, 4) is 11.3 Å². The molecule has 1 atom stereocenters. The third-order valence-corrected chi connectivity index (χ3v) is 5.84. The van der Waals surface area contributed by atoms with Crippen molar-refractivity contribution in [2.75, 3.05) is 19.0 Å². The molecule has 0 saturated heterocycles. The summed E-state index contributed by atoms with van der Waals surface area (Å²) in [4.78, 5) is 16.1. The fraction of sp³-hybridized carbons (Fsp3) is 0.524. The highest BCUT2D eigenvalue weighted by molar-refractivity contribution is 5.94. The zero-order valence-corrected chi connectivity index (χ0v) is 16.0. The Bertz CT molecular complexity index is 794. The number of imidazole rings is 1. The monoisotopic (exact) mass is 368 g/mol. The summed E-state index contributed by atoms with van der Waals surface area (Å²) in [7, 11) is 3.24. The second-order valence-corrected chi connectivity index (χ2v) is 7.92. The molecule has 144 valence electrons. The van der Waals surface area contributed by atoms with E-state index in [1.54, 1.807) is 6.33 Å². The Morgan fingerprint density at radius 3 is 2.44 bits per heavy atom. The average Bonchev–Trinajstić information content (AvgIpc) is 3.61. The Morgan fingerprint density at radius 2 is 1.89 bits per heavy atom. The Kier molecular flexibility index (Phi) is 4.91. The van der Waals surface area contributed by atoms with Gasteiger partial charge >= 0.3 is 5.97 Å². The summed E-state index contributed by atoms with van der Waals surface area (Å²) in [5.41, 5.74) is 9.58. The van der Waals surface area contributed by atoms with E-state index in [9.17, 15) is 4.79 Å². The molecule has 6 heteroatoms. The van der Waals surface area contributed by atoms with Crippen molar-refractivity contribution >= 4 is 11.7 Å². The van der Waals surface area contributed by atoms with Gasteiger partial charge in [-0.2, -0.15) is 0 Å². The maximum absolute atomic E-state index is 11.9. The lowest BCUT2D eigenvalue weighted by Gasteiger charge is -2.24. The first-order valence-corrected chi connectivity index (χ1v) is 9.78. The number of aromatic nitrogens is 2. The van der Waals surface area contributed by atoms with Crippen LogP contribution in [0.5, 0.6) is 0 Å². The van der Waals surface area contributed by atoms with Gasteiger partial charge in [0.2, 0.25) is 0 Å². The summed E-state index contributed by atoms with van der Waals surface area (Å²) in [6.45, 7) is 0.802. The molecule has 1 unspecified atom stereocenters. The number of nitrogens with one attached hydrogen (secondary N) is 1. The lowest BCUT2D eigenvalue weighted by molar-refractivity contribution is 0.0595. The van der Waals surface area contributed by atoms with Crippen LogP contribution in [0.2, 0.25) is 0 Å². The van der Waals surface area contributed by atoms with E-state index in [-0.39, 0.29) is 6.04 Å². The first kappa shape index (κ1) is 18.0. The second kappa shape index (κ2) is 7.35. The van der Waals surface area contributed by atoms with Crippen LogP contribution in [0, 0.1) is 17.8 Å². The van der Waals surface area contributed by atoms with Crippen LogP contribution in [0.1, 0.15) is 36.2 Å². The van der Waals surface area contributed by atoms with Gasteiger partial charge in [0, 0.05) is 30.9 Å². The quantitative estimate of drug-likeness (QED) is 0.700. The first-order chi connectivity index (χ1) is 13.1. The van der Waals surface area contributed by atoms with Crippen LogP contribution in [-0.2, 0) is 11.8 Å². The number of hydrogen-bond acceptors (Lipinski definition) is 5. The molecule has 0 amide bonds. The predicted molar refractivity (Wildman–Crippen MR) is 105 cm³/mol. The van der Waals surface area contributed by atoms with Gasteiger partial charge in [0.05, 0.1) is 19.1 Å². The summed E-state index contributed by atoms with van der Waals surface area (Å²) in [5, 5.41) is 3.49. The molecule has 2 aliphatic rings. The summed E-state index contributed by atoms with van der Waals surface area (Å²) in [6, 6.07) is 8.26. The number of rotatable bonds is 8. The number of aryl methyl sites for hydroxylation is 1. The van der Waals surface area contributed by atoms with Crippen molar-refractivity contribution in [2.45, 2.75) is 31.7 Å². The van der Waals surface area contributed by atoms with Crippen molar-refractivity contribution in [3.63, 3.8) is 0 Å². The average molecular weight is 368 g/mol. The zero-order valence-electron chi connectivity index (χ0n) is 16.0. The van der Waals surface area contributed by atoms with Gasteiger partial charge in [-0.3, -0.25) is 0 Å². The third-order valence-electron chi connectivity index (χ3n) is 5.84. The topological polar surface area (TPSA) is 82.2 Å². The number of methoxy groups -OCH3 is 1. The molecule has 2 aliphatic carbocycles. The SMILES string of the molecule is COC(=O)c1ncn(C)c1-c1ccc(NCC(N)C(C2CC2)C2CC2)cc1. The molecule has 3 N–H and O–H groups in total. The fourth-order valence-electron chi connectivity index (χ4n) is 4.18. The molecule has 0 radical (unpaired) electrons. The van der Waals surface area contributed by atoms with Crippen molar-refractivity contribution in [3.05, 3.63) is 36.3 Å². The molecule has 1 aromatic carbocycles. The maximum Gasteiger partial charge on any atom is 0.358 e. The molecular formula is C21H28N4O2. The fourth-order valence-corrected chi connectivity index (χ4v) is 4.18. The van der Waals surface area contributed by atoms with E-state index < -0.39 is 5.97 Å². The van der Waals surface area contributed by atoms with Crippen LogP contribution in [0.15, 0.2) is 30.6 Å². The zero-order chi connectivity index (χ0) is 19.0. The van der Waals surface area contributed by atoms with Crippen LogP contribution < -0.4 is 11.1 Å². The van der Waals surface area contributed by atoms with Crippen molar-refractivity contribution < 1.29 is 9.53 Å². The first-order valence-electron chi connectivity index (χ1n) is 9.78. The molecule has 2 aromatic rings. The molecule has 1 heterocycles. The van der Waals surface area contributed by atoms with Gasteiger partial charge in [0.1, 0.15) is 0 Å². The lowest BCUT2D eigenvalue weighted by atomic mass is 9.90. The van der Waals surface area contributed by atoms with Crippen LogP contribution >= 0.6 is 0 Å². The van der Waals surface area contributed by atoms with Crippen LogP contribution in [0.25, 0.3) is 11.3 Å². The molecule has 6 nitrogen and oxygen atoms in total. The molecule has 1 aromatic heterocycles. The highest BCUT2D eigenvalue weighted by atomic mass is 16.5. The number of ether oxygens (including phenoxy) is 1. The van der Waals surface area contributed by atoms with E-state index >= 15 is 0 Å². The van der Waals surface area contributed by atoms with Gasteiger partial charge < -0.3 is 20.4 Å². The highest BCUT2D eigenvalue weighted by Gasteiger charge is 2.44. The number of nitrogens with two attached hydrogens (primary N) is 1. The number of nitrogens with zero attached hydrogens (tertiary/aromatic N) is 2. The number of carbonyl (C=O) groups is 1. The van der Waals surface area contributed by atoms with Gasteiger partial charge in [-0.15, -0.1) is 0 Å². The summed E-state index contributed by atoms with van der Waals surface area (Å²) < 4.78 is 6.66. The molecule has 2 fully saturated rings. The van der Waals surface area contributed by atoms with Crippen molar-refractivity contribution in [2.24, 2.45) is 30.5 Å². The van der Waals surface area contributed by atoms with E-state index in [2.05, 4.69) is 10.3 Å². The molecule has 0 bridgehead atoms. The summed E-state index contributed by atoms with van der Waals surface area (Å²) >= 11 is 0. The predicted octanol–water partition coefficient (Wildman–Crippen LogP) is 3.05. The van der Waals surface area contributed by atoms with Crippen LogP contribution in [-0.4, -0.2) is 35.2 Å². The molecule has 2 saturated carbocycles. The van der Waals surface area contributed by atoms with E-state index in [4.69, 9.17) is 10.5 Å². The van der Waals surface area contributed by atoms with Gasteiger partial charge in [-0.1, -0.05) is 12.1 Å². The van der Waals surface area contributed by atoms with Gasteiger partial charge in [0.15, 0.2) is 5.69 Å². The van der Waals surface area contributed by atoms with Crippen molar-refractivity contribution in [1.82, 2.24) is 9.55 Å². The van der Waals surface area contributed by atoms with Crippen molar-refractivity contribution in [1.29, 1.82) is 0 Å². The minimum absolute atomic E-state index is 0.215. The van der Waals surface area contributed by atoms with Crippen LogP contribution in [0.4, 0.5) is 5.69 Å². The Balaban J connectivity index is 1.42. The van der Waals surface area contributed by atoms with E-state index in [0.717, 1.165) is 35.3 Å². The molecule has 0 aliphatic heterocycles. The van der Waals surface area contributed by atoms with E-state index in [1.807, 2.05) is 35.9 Å². The molecule has 0 spiro atoms. The smallest absolute Gasteiger partial charge is 0.358 e. The molecule has 4 rings (SSSR count). The van der Waals surface area contributed by atoms with Crippen LogP contribution in [0.3, 0.4) is 0 Å². The largest absolute Gasteiger partial charge is 0.464 e. The Morgan fingerprint density at radius 1 is 1.26 bits per heavy atom. The lowest BCUT2D eigenvalue weighted by Crippen LogP contribution is -2.39. The van der Waals surface area contributed by atoms with Gasteiger partial charge in [-0.25, -0.2) is 9.78 Å².